The number of benzene rings is 2. The maximum atomic E-state index is 12.4. The molecule has 0 radical (unpaired) electrons. The van der Waals surface area contributed by atoms with Crippen molar-refractivity contribution >= 4 is 17.5 Å². The first kappa shape index (κ1) is 17.9. The van der Waals surface area contributed by atoms with E-state index in [4.69, 9.17) is 4.74 Å². The zero-order chi connectivity index (χ0) is 19.5. The molecule has 0 bridgehead atoms. The molecule has 8 nitrogen and oxygen atoms in total. The van der Waals surface area contributed by atoms with Gasteiger partial charge in [-0.25, -0.2) is 4.98 Å². The number of carbonyl (C=O) groups excluding carboxylic acids is 2. The molecule has 1 atom stereocenters. The van der Waals surface area contributed by atoms with Gasteiger partial charge in [-0.15, -0.1) is 0 Å². The van der Waals surface area contributed by atoms with Gasteiger partial charge in [0.15, 0.2) is 11.6 Å². The Morgan fingerprint density at radius 3 is 2.75 bits per heavy atom. The van der Waals surface area contributed by atoms with E-state index >= 15 is 0 Å². The summed E-state index contributed by atoms with van der Waals surface area (Å²) in [5, 5.41) is 12.7. The molecule has 1 aliphatic heterocycles. The Labute approximate surface area is 161 Å². The minimum absolute atomic E-state index is 0.142. The summed E-state index contributed by atoms with van der Waals surface area (Å²) in [6.07, 6.45) is 0.172. The number of hydrogen-bond donors (Lipinski definition) is 3. The minimum atomic E-state index is -0.310. The van der Waals surface area contributed by atoms with Gasteiger partial charge in [0.1, 0.15) is 6.61 Å². The number of carbonyl (C=O) groups is 2. The summed E-state index contributed by atoms with van der Waals surface area (Å²) in [6, 6.07) is 14.3. The number of aromatic amines is 1. The first-order chi connectivity index (χ1) is 13.6. The number of H-pyrrole nitrogens is 1. The van der Waals surface area contributed by atoms with Crippen molar-refractivity contribution in [1.82, 2.24) is 20.5 Å². The van der Waals surface area contributed by atoms with E-state index in [1.54, 1.807) is 25.3 Å². The van der Waals surface area contributed by atoms with Gasteiger partial charge >= 0.3 is 0 Å². The van der Waals surface area contributed by atoms with E-state index in [0.29, 0.717) is 29.5 Å². The molecule has 0 aliphatic carbocycles. The number of ether oxygens (including phenoxy) is 1. The molecule has 28 heavy (non-hydrogen) atoms. The first-order valence-electron chi connectivity index (χ1n) is 8.84. The minimum Gasteiger partial charge on any atom is -0.377 e. The first-order valence-corrected chi connectivity index (χ1v) is 8.84. The number of nitrogens with one attached hydrogen (secondary N) is 3. The fourth-order valence-corrected chi connectivity index (χ4v) is 3.21. The van der Waals surface area contributed by atoms with Crippen LogP contribution in [-0.4, -0.2) is 34.1 Å². The molecular weight excluding hydrogens is 358 g/mol. The van der Waals surface area contributed by atoms with Crippen LogP contribution in [0.2, 0.25) is 0 Å². The summed E-state index contributed by atoms with van der Waals surface area (Å²) in [5.41, 5.74) is 2.98. The smallest absolute Gasteiger partial charge is 0.252 e. The second-order valence-corrected chi connectivity index (χ2v) is 6.48. The van der Waals surface area contributed by atoms with Gasteiger partial charge in [-0.2, -0.15) is 5.10 Å². The van der Waals surface area contributed by atoms with Gasteiger partial charge in [0.05, 0.1) is 12.5 Å². The Morgan fingerprint density at radius 2 is 1.96 bits per heavy atom. The highest BCUT2D eigenvalue weighted by atomic mass is 16.5. The molecular formula is C20H19N5O3. The molecule has 0 saturated carbocycles. The Hall–Kier alpha value is -3.52. The van der Waals surface area contributed by atoms with Crippen molar-refractivity contribution in [1.29, 1.82) is 0 Å². The average molecular weight is 377 g/mol. The molecule has 1 aromatic heterocycles. The number of amides is 2. The van der Waals surface area contributed by atoms with Gasteiger partial charge in [0, 0.05) is 23.9 Å². The van der Waals surface area contributed by atoms with Crippen LogP contribution in [-0.2, 0) is 16.1 Å². The molecule has 4 rings (SSSR count). The van der Waals surface area contributed by atoms with Crippen LogP contribution < -0.4 is 10.6 Å². The average Bonchev–Trinajstić information content (AvgIpc) is 3.28. The van der Waals surface area contributed by atoms with Gasteiger partial charge in [0.25, 0.3) is 5.91 Å². The van der Waals surface area contributed by atoms with Crippen molar-refractivity contribution in [2.24, 2.45) is 0 Å². The van der Waals surface area contributed by atoms with Gasteiger partial charge < -0.3 is 15.4 Å². The van der Waals surface area contributed by atoms with E-state index in [-0.39, 0.29) is 24.3 Å². The zero-order valence-electron chi connectivity index (χ0n) is 15.2. The lowest BCUT2D eigenvalue weighted by Gasteiger charge is -2.12. The van der Waals surface area contributed by atoms with Crippen molar-refractivity contribution in [2.45, 2.75) is 19.1 Å². The van der Waals surface area contributed by atoms with Crippen LogP contribution in [0.1, 0.15) is 34.2 Å². The Balaban J connectivity index is 1.39. The van der Waals surface area contributed by atoms with E-state index in [1.807, 2.05) is 30.3 Å². The van der Waals surface area contributed by atoms with Crippen LogP contribution in [0.4, 0.5) is 5.69 Å². The van der Waals surface area contributed by atoms with Crippen LogP contribution in [0.3, 0.4) is 0 Å². The molecule has 0 spiro atoms. The number of fused-ring (bicyclic) bond motifs is 1. The monoisotopic (exact) mass is 377 g/mol. The topological polar surface area (TPSA) is 109 Å². The van der Waals surface area contributed by atoms with Crippen molar-refractivity contribution in [3.8, 4) is 11.4 Å². The summed E-state index contributed by atoms with van der Waals surface area (Å²) in [5.74, 6) is 0.899. The summed E-state index contributed by atoms with van der Waals surface area (Å²) >= 11 is 0. The predicted molar refractivity (Wildman–Crippen MR) is 102 cm³/mol. The summed E-state index contributed by atoms with van der Waals surface area (Å²) in [7, 11) is 1.59. The van der Waals surface area contributed by atoms with Crippen molar-refractivity contribution < 1.29 is 14.3 Å². The third-order valence-corrected chi connectivity index (χ3v) is 4.52. The third-order valence-electron chi connectivity index (χ3n) is 4.52. The summed E-state index contributed by atoms with van der Waals surface area (Å²) in [6.45, 7) is 0.363. The van der Waals surface area contributed by atoms with E-state index in [1.165, 1.54) is 0 Å². The molecule has 0 fully saturated rings. The van der Waals surface area contributed by atoms with E-state index in [9.17, 15) is 9.59 Å². The molecule has 2 heterocycles. The number of nitrogens with zero attached hydrogens (tertiary/aromatic N) is 2. The lowest BCUT2D eigenvalue weighted by atomic mass is 10.0. The molecule has 2 aromatic carbocycles. The van der Waals surface area contributed by atoms with Crippen molar-refractivity contribution in [3.05, 3.63) is 65.5 Å². The van der Waals surface area contributed by atoms with Crippen LogP contribution in [0, 0.1) is 0 Å². The van der Waals surface area contributed by atoms with Crippen LogP contribution in [0.25, 0.3) is 11.4 Å². The van der Waals surface area contributed by atoms with Gasteiger partial charge in [0.2, 0.25) is 5.91 Å². The fraction of sp³-hybridized carbons (Fsp3) is 0.200. The normalized spacial score (nSPS) is 15.2. The standard InChI is InChI=1S/C20H19N5O3/c1-28-11-17-23-19(25-24-17)12-6-8-13(9-7-12)21-18(26)10-16-14-4-2-3-5-15(14)20(27)22-16/h2-9,16H,10-11H2,1H3,(H,21,26)(H,22,27)(H,23,24,25). The van der Waals surface area contributed by atoms with Crippen LogP contribution in [0.5, 0.6) is 0 Å². The van der Waals surface area contributed by atoms with E-state index in [0.717, 1.165) is 11.1 Å². The van der Waals surface area contributed by atoms with Gasteiger partial charge in [-0.1, -0.05) is 18.2 Å². The highest BCUT2D eigenvalue weighted by Gasteiger charge is 2.29. The molecule has 1 aliphatic rings. The lowest BCUT2D eigenvalue weighted by molar-refractivity contribution is -0.116. The van der Waals surface area contributed by atoms with E-state index < -0.39 is 0 Å². The third kappa shape index (κ3) is 3.63. The number of aromatic nitrogens is 3. The molecule has 0 saturated heterocycles. The molecule has 142 valence electrons. The van der Waals surface area contributed by atoms with Crippen LogP contribution in [0.15, 0.2) is 48.5 Å². The number of methoxy groups -OCH3 is 1. The Bertz CT molecular complexity index is 1010. The predicted octanol–water partition coefficient (Wildman–Crippen LogP) is 2.43. The number of hydrogen-bond acceptors (Lipinski definition) is 5. The van der Waals surface area contributed by atoms with E-state index in [2.05, 4.69) is 25.8 Å². The molecule has 3 N–H and O–H groups in total. The largest absolute Gasteiger partial charge is 0.377 e. The maximum Gasteiger partial charge on any atom is 0.252 e. The summed E-state index contributed by atoms with van der Waals surface area (Å²) in [4.78, 5) is 28.7. The SMILES string of the molecule is COCc1nc(-c2ccc(NC(=O)CC3NC(=O)c4ccccc43)cc2)n[nH]1. The van der Waals surface area contributed by atoms with Gasteiger partial charge in [-0.05, 0) is 35.9 Å². The highest BCUT2D eigenvalue weighted by molar-refractivity contribution is 6.00. The molecule has 1 unspecified atom stereocenters. The second kappa shape index (κ2) is 7.61. The molecule has 2 amide bonds. The number of anilines is 1. The maximum absolute atomic E-state index is 12.4. The quantitative estimate of drug-likeness (QED) is 0.611. The highest BCUT2D eigenvalue weighted by Crippen LogP contribution is 2.28. The van der Waals surface area contributed by atoms with Crippen molar-refractivity contribution in [3.63, 3.8) is 0 Å². The van der Waals surface area contributed by atoms with Crippen molar-refractivity contribution in [2.75, 3.05) is 12.4 Å². The lowest BCUT2D eigenvalue weighted by Crippen LogP contribution is -2.24. The van der Waals surface area contributed by atoms with Gasteiger partial charge in [-0.3, -0.25) is 14.7 Å². The fourth-order valence-electron chi connectivity index (χ4n) is 3.21. The Kier molecular flexibility index (Phi) is 4.86. The molecule has 3 aromatic rings. The number of rotatable bonds is 6. The zero-order valence-corrected chi connectivity index (χ0v) is 15.2. The summed E-state index contributed by atoms with van der Waals surface area (Å²) < 4.78 is 5.02. The molecule has 8 heteroatoms. The Morgan fingerprint density at radius 1 is 1.18 bits per heavy atom. The second-order valence-electron chi connectivity index (χ2n) is 6.48. The van der Waals surface area contributed by atoms with Crippen LogP contribution >= 0.6 is 0 Å².